The molecule has 0 aromatic rings. The number of amides is 2. The number of carboxylic acid groups (broad SMARTS) is 1. The van der Waals surface area contributed by atoms with Gasteiger partial charge in [0.1, 0.15) is 0 Å². The lowest BCUT2D eigenvalue weighted by Crippen LogP contribution is -2.47. The Morgan fingerprint density at radius 3 is 2.55 bits per heavy atom. The smallest absolute Gasteiger partial charge is 0.315 e. The minimum atomic E-state index is -0.785. The maximum atomic E-state index is 11.9. The van der Waals surface area contributed by atoms with Gasteiger partial charge in [0.05, 0.1) is 0 Å². The molecule has 0 aromatic carbocycles. The minimum Gasteiger partial charge on any atom is -0.481 e. The molecule has 1 rings (SSSR count). The van der Waals surface area contributed by atoms with E-state index in [4.69, 9.17) is 5.11 Å². The van der Waals surface area contributed by atoms with E-state index >= 15 is 0 Å². The Kier molecular flexibility index (Phi) is 6.82. The van der Waals surface area contributed by atoms with Crippen LogP contribution in [0.4, 0.5) is 4.79 Å². The van der Waals surface area contributed by atoms with Gasteiger partial charge in [-0.05, 0) is 50.9 Å². The lowest BCUT2D eigenvalue weighted by Gasteiger charge is -2.32. The second-order valence-electron chi connectivity index (χ2n) is 6.27. The van der Waals surface area contributed by atoms with Crippen molar-refractivity contribution in [3.05, 3.63) is 0 Å². The van der Waals surface area contributed by atoms with E-state index in [2.05, 4.69) is 24.5 Å². The molecule has 0 radical (unpaired) electrons. The van der Waals surface area contributed by atoms with Crippen molar-refractivity contribution >= 4 is 12.0 Å². The average molecular weight is 284 g/mol. The number of hydrogen-bond acceptors (Lipinski definition) is 2. The number of nitrogens with one attached hydrogen (secondary N) is 2. The van der Waals surface area contributed by atoms with Gasteiger partial charge >= 0.3 is 12.0 Å². The largest absolute Gasteiger partial charge is 0.481 e. The predicted molar refractivity (Wildman–Crippen MR) is 78.6 cm³/mol. The number of carbonyl (C=O) groups excluding carboxylic acids is 1. The summed E-state index contributed by atoms with van der Waals surface area (Å²) in [6.45, 7) is 6.42. The van der Waals surface area contributed by atoms with Gasteiger partial charge in [0.25, 0.3) is 0 Å². The van der Waals surface area contributed by atoms with Crippen LogP contribution >= 0.6 is 0 Å². The summed E-state index contributed by atoms with van der Waals surface area (Å²) in [6, 6.07) is 0.154. The zero-order chi connectivity index (χ0) is 15.1. The van der Waals surface area contributed by atoms with Gasteiger partial charge in [0, 0.05) is 18.5 Å². The fourth-order valence-electron chi connectivity index (χ4n) is 2.76. The van der Waals surface area contributed by atoms with Crippen LogP contribution in [0.5, 0.6) is 0 Å². The van der Waals surface area contributed by atoms with Gasteiger partial charge in [-0.15, -0.1) is 0 Å². The molecule has 2 amide bonds. The summed E-state index contributed by atoms with van der Waals surface area (Å²) < 4.78 is 0. The Balaban J connectivity index is 2.20. The highest BCUT2D eigenvalue weighted by Crippen LogP contribution is 2.29. The molecule has 1 saturated carbocycles. The van der Waals surface area contributed by atoms with Crippen molar-refractivity contribution < 1.29 is 14.7 Å². The Morgan fingerprint density at radius 2 is 1.95 bits per heavy atom. The van der Waals surface area contributed by atoms with E-state index in [1.165, 1.54) is 6.42 Å². The summed E-state index contributed by atoms with van der Waals surface area (Å²) in [5, 5.41) is 14.5. The molecule has 5 heteroatoms. The summed E-state index contributed by atoms with van der Waals surface area (Å²) in [5.74, 6) is 0.611. The van der Waals surface area contributed by atoms with Crippen molar-refractivity contribution in [3.63, 3.8) is 0 Å². The lowest BCUT2D eigenvalue weighted by molar-refractivity contribution is -0.137. The zero-order valence-corrected chi connectivity index (χ0v) is 12.8. The van der Waals surface area contributed by atoms with Crippen molar-refractivity contribution in [2.45, 2.75) is 71.4 Å². The maximum absolute atomic E-state index is 11.9. The van der Waals surface area contributed by atoms with Gasteiger partial charge in [0.2, 0.25) is 0 Å². The molecule has 1 aliphatic carbocycles. The second-order valence-corrected chi connectivity index (χ2v) is 6.27. The molecule has 1 fully saturated rings. The van der Waals surface area contributed by atoms with Crippen molar-refractivity contribution in [1.82, 2.24) is 10.6 Å². The lowest BCUT2D eigenvalue weighted by atomic mass is 9.79. The molecule has 20 heavy (non-hydrogen) atoms. The fraction of sp³-hybridized carbons (Fsp3) is 0.867. The van der Waals surface area contributed by atoms with Crippen LogP contribution in [0.2, 0.25) is 0 Å². The van der Waals surface area contributed by atoms with Gasteiger partial charge in [-0.2, -0.15) is 0 Å². The minimum absolute atomic E-state index is 0.00860. The molecule has 1 aliphatic rings. The van der Waals surface area contributed by atoms with E-state index in [1.807, 2.05) is 6.92 Å². The van der Waals surface area contributed by atoms with Crippen LogP contribution in [-0.2, 0) is 4.79 Å². The van der Waals surface area contributed by atoms with E-state index in [0.29, 0.717) is 18.8 Å². The predicted octanol–water partition coefficient (Wildman–Crippen LogP) is 2.75. The van der Waals surface area contributed by atoms with Crippen molar-refractivity contribution in [3.8, 4) is 0 Å². The second kappa shape index (κ2) is 8.12. The summed E-state index contributed by atoms with van der Waals surface area (Å²) in [4.78, 5) is 22.3. The van der Waals surface area contributed by atoms with E-state index < -0.39 is 5.97 Å². The van der Waals surface area contributed by atoms with Gasteiger partial charge < -0.3 is 15.7 Å². The Bertz CT molecular complexity index is 333. The molecule has 0 aromatic heterocycles. The van der Waals surface area contributed by atoms with Crippen LogP contribution in [0.25, 0.3) is 0 Å². The highest BCUT2D eigenvalue weighted by Gasteiger charge is 2.25. The molecule has 116 valence electrons. The molecule has 3 N–H and O–H groups in total. The van der Waals surface area contributed by atoms with Crippen molar-refractivity contribution in [1.29, 1.82) is 0 Å². The molecule has 5 nitrogen and oxygen atoms in total. The highest BCUT2D eigenvalue weighted by molar-refractivity contribution is 5.74. The molecule has 0 heterocycles. The molecule has 4 atom stereocenters. The summed E-state index contributed by atoms with van der Waals surface area (Å²) >= 11 is 0. The Labute approximate surface area is 121 Å². The SMILES string of the molecule is CC(CCCC(=O)O)NC(=O)NC1CCC(C)C(C)C1. The zero-order valence-electron chi connectivity index (χ0n) is 12.8. The van der Waals surface area contributed by atoms with Gasteiger partial charge in [-0.3, -0.25) is 4.79 Å². The first kappa shape index (κ1) is 16.8. The Hall–Kier alpha value is -1.26. The third kappa shape index (κ3) is 6.26. The molecular weight excluding hydrogens is 256 g/mol. The van der Waals surface area contributed by atoms with Crippen molar-refractivity contribution in [2.75, 3.05) is 0 Å². The first-order chi connectivity index (χ1) is 9.38. The van der Waals surface area contributed by atoms with Crippen LogP contribution in [-0.4, -0.2) is 29.2 Å². The van der Waals surface area contributed by atoms with Crippen LogP contribution in [0.3, 0.4) is 0 Å². The monoisotopic (exact) mass is 284 g/mol. The number of aliphatic carboxylic acids is 1. The molecular formula is C15H28N2O3. The van der Waals surface area contributed by atoms with Crippen LogP contribution in [0, 0.1) is 11.8 Å². The van der Waals surface area contributed by atoms with Crippen molar-refractivity contribution in [2.24, 2.45) is 11.8 Å². The quantitative estimate of drug-likeness (QED) is 0.701. The Morgan fingerprint density at radius 1 is 1.25 bits per heavy atom. The number of rotatable bonds is 6. The van der Waals surface area contributed by atoms with Crippen LogP contribution in [0.1, 0.15) is 59.3 Å². The molecule has 0 spiro atoms. The molecule has 0 saturated heterocycles. The molecule has 0 aliphatic heterocycles. The van der Waals surface area contributed by atoms with Gasteiger partial charge in [0.15, 0.2) is 0 Å². The summed E-state index contributed by atoms with van der Waals surface area (Å²) in [7, 11) is 0. The topological polar surface area (TPSA) is 78.4 Å². The fourth-order valence-corrected chi connectivity index (χ4v) is 2.76. The maximum Gasteiger partial charge on any atom is 0.315 e. The first-order valence-corrected chi connectivity index (χ1v) is 7.67. The van der Waals surface area contributed by atoms with E-state index in [9.17, 15) is 9.59 Å². The third-order valence-corrected chi connectivity index (χ3v) is 4.34. The number of urea groups is 1. The number of carboxylic acids is 1. The summed E-state index contributed by atoms with van der Waals surface area (Å²) in [5.41, 5.74) is 0. The van der Waals surface area contributed by atoms with E-state index in [-0.39, 0.29) is 24.5 Å². The van der Waals surface area contributed by atoms with Crippen LogP contribution < -0.4 is 10.6 Å². The number of carbonyl (C=O) groups is 2. The van der Waals surface area contributed by atoms with E-state index in [1.54, 1.807) is 0 Å². The molecule has 4 unspecified atom stereocenters. The standard InChI is InChI=1S/C15H28N2O3/c1-10-7-8-13(9-11(10)2)17-15(20)16-12(3)5-4-6-14(18)19/h10-13H,4-9H2,1-3H3,(H,18,19)(H2,16,17,20). The van der Waals surface area contributed by atoms with Gasteiger partial charge in [-0.1, -0.05) is 13.8 Å². The molecule has 0 bridgehead atoms. The van der Waals surface area contributed by atoms with Gasteiger partial charge in [-0.25, -0.2) is 4.79 Å². The van der Waals surface area contributed by atoms with E-state index in [0.717, 1.165) is 18.8 Å². The first-order valence-electron chi connectivity index (χ1n) is 7.67. The normalized spacial score (nSPS) is 27.6. The highest BCUT2D eigenvalue weighted by atomic mass is 16.4. The van der Waals surface area contributed by atoms with Crippen LogP contribution in [0.15, 0.2) is 0 Å². The number of hydrogen-bond donors (Lipinski definition) is 3. The summed E-state index contributed by atoms with van der Waals surface area (Å²) in [6.07, 6.45) is 4.70. The average Bonchev–Trinajstić information content (AvgIpc) is 2.33. The third-order valence-electron chi connectivity index (χ3n) is 4.34.